The number of rotatable bonds is 5. The molecule has 8 nitrogen and oxygen atoms in total. The summed E-state index contributed by atoms with van der Waals surface area (Å²) in [5.41, 5.74) is 2.39. The van der Waals surface area contributed by atoms with Crippen molar-refractivity contribution in [3.63, 3.8) is 0 Å². The first-order valence-corrected chi connectivity index (χ1v) is 9.64. The van der Waals surface area contributed by atoms with Gasteiger partial charge >= 0.3 is 0 Å². The number of aryl methyl sites for hydroxylation is 2. The number of nitrogens with zero attached hydrogens (tertiary/aromatic N) is 4. The largest absolute Gasteiger partial charge is 0.435 e. The van der Waals surface area contributed by atoms with E-state index < -0.39 is 0 Å². The van der Waals surface area contributed by atoms with Crippen molar-refractivity contribution < 1.29 is 14.0 Å². The molecular weight excluding hydrogens is 346 g/mol. The summed E-state index contributed by atoms with van der Waals surface area (Å²) in [5, 5.41) is 7.39. The van der Waals surface area contributed by atoms with Crippen LogP contribution in [0.2, 0.25) is 0 Å². The number of hydrogen-bond acceptors (Lipinski definition) is 5. The van der Waals surface area contributed by atoms with Crippen molar-refractivity contribution in [2.24, 2.45) is 5.92 Å². The van der Waals surface area contributed by atoms with Crippen LogP contribution < -0.4 is 5.32 Å². The van der Waals surface area contributed by atoms with E-state index >= 15 is 0 Å². The summed E-state index contributed by atoms with van der Waals surface area (Å²) >= 11 is 0. The quantitative estimate of drug-likeness (QED) is 0.865. The van der Waals surface area contributed by atoms with Crippen molar-refractivity contribution in [2.75, 3.05) is 6.54 Å². The molecule has 0 bridgehead atoms. The molecule has 0 saturated heterocycles. The number of aromatic nitrogens is 3. The zero-order chi connectivity index (χ0) is 19.0. The van der Waals surface area contributed by atoms with Crippen LogP contribution in [0.25, 0.3) is 0 Å². The Balaban J connectivity index is 1.37. The Morgan fingerprint density at radius 3 is 2.81 bits per heavy atom. The monoisotopic (exact) mass is 371 g/mol. The van der Waals surface area contributed by atoms with Crippen molar-refractivity contribution in [2.45, 2.75) is 59.2 Å². The molecule has 144 valence electrons. The van der Waals surface area contributed by atoms with Crippen molar-refractivity contribution in [1.29, 1.82) is 0 Å². The molecule has 2 aliphatic rings. The van der Waals surface area contributed by atoms with E-state index in [9.17, 15) is 9.59 Å². The highest BCUT2D eigenvalue weighted by atomic mass is 16.4. The van der Waals surface area contributed by atoms with Gasteiger partial charge in [-0.05, 0) is 25.8 Å². The van der Waals surface area contributed by atoms with E-state index in [0.717, 1.165) is 30.7 Å². The summed E-state index contributed by atoms with van der Waals surface area (Å²) in [6, 6.07) is 1.96. The number of nitrogens with one attached hydrogen (secondary N) is 1. The Hall–Kier alpha value is -2.64. The van der Waals surface area contributed by atoms with Crippen molar-refractivity contribution >= 4 is 11.8 Å². The smallest absolute Gasteiger partial charge is 0.289 e. The first-order valence-electron chi connectivity index (χ1n) is 9.64. The van der Waals surface area contributed by atoms with Gasteiger partial charge in [0.1, 0.15) is 0 Å². The van der Waals surface area contributed by atoms with Gasteiger partial charge in [-0.25, -0.2) is 4.98 Å². The van der Waals surface area contributed by atoms with Crippen LogP contribution in [0.1, 0.15) is 59.7 Å². The fourth-order valence-electron chi connectivity index (χ4n) is 3.58. The maximum absolute atomic E-state index is 12.5. The van der Waals surface area contributed by atoms with E-state index in [-0.39, 0.29) is 23.5 Å². The lowest BCUT2D eigenvalue weighted by Crippen LogP contribution is -2.43. The van der Waals surface area contributed by atoms with Crippen LogP contribution in [0.4, 0.5) is 0 Å². The van der Waals surface area contributed by atoms with Gasteiger partial charge in [-0.3, -0.25) is 14.3 Å². The Kier molecular flexibility index (Phi) is 4.72. The zero-order valence-corrected chi connectivity index (χ0v) is 15.8. The van der Waals surface area contributed by atoms with Gasteiger partial charge in [0.25, 0.3) is 5.91 Å². The molecule has 1 aliphatic carbocycles. The minimum Gasteiger partial charge on any atom is -0.435 e. The SMILES string of the molecule is CCc1nc(C)c(C(=O)NCc2cc3n(n2)CCN(C(=O)C2CCC2)C3)o1. The molecule has 2 aromatic heterocycles. The molecule has 27 heavy (non-hydrogen) atoms. The Morgan fingerprint density at radius 2 is 2.15 bits per heavy atom. The lowest BCUT2D eigenvalue weighted by Gasteiger charge is -2.34. The second-order valence-corrected chi connectivity index (χ2v) is 7.30. The number of hydrogen-bond donors (Lipinski definition) is 1. The molecule has 1 N–H and O–H groups in total. The Labute approximate surface area is 157 Å². The number of carbonyl (C=O) groups excluding carboxylic acids is 2. The highest BCUT2D eigenvalue weighted by molar-refractivity contribution is 5.92. The Bertz CT molecular complexity index is 865. The molecule has 8 heteroatoms. The third-order valence-electron chi connectivity index (χ3n) is 5.39. The molecule has 4 rings (SSSR count). The van der Waals surface area contributed by atoms with E-state index in [1.807, 2.05) is 22.6 Å². The Morgan fingerprint density at radius 1 is 1.33 bits per heavy atom. The lowest BCUT2D eigenvalue weighted by atomic mass is 9.84. The summed E-state index contributed by atoms with van der Waals surface area (Å²) in [6.45, 7) is 6.01. The first-order chi connectivity index (χ1) is 13.0. The van der Waals surface area contributed by atoms with Crippen molar-refractivity contribution in [3.05, 3.63) is 34.8 Å². The van der Waals surface area contributed by atoms with E-state index in [0.29, 0.717) is 44.2 Å². The molecule has 1 fully saturated rings. The van der Waals surface area contributed by atoms with Gasteiger partial charge in [0.05, 0.1) is 36.7 Å². The predicted octanol–water partition coefficient (Wildman–Crippen LogP) is 1.81. The second-order valence-electron chi connectivity index (χ2n) is 7.30. The summed E-state index contributed by atoms with van der Waals surface area (Å²) in [7, 11) is 0. The van der Waals surface area contributed by atoms with E-state index in [2.05, 4.69) is 15.4 Å². The van der Waals surface area contributed by atoms with Crippen molar-refractivity contribution in [1.82, 2.24) is 25.0 Å². The zero-order valence-electron chi connectivity index (χ0n) is 15.8. The van der Waals surface area contributed by atoms with Crippen LogP contribution in [0.5, 0.6) is 0 Å². The topological polar surface area (TPSA) is 93.3 Å². The third-order valence-corrected chi connectivity index (χ3v) is 5.39. The molecule has 2 aromatic rings. The molecule has 0 atom stereocenters. The average molecular weight is 371 g/mol. The van der Waals surface area contributed by atoms with Gasteiger partial charge in [-0.15, -0.1) is 0 Å². The summed E-state index contributed by atoms with van der Waals surface area (Å²) in [4.78, 5) is 30.9. The van der Waals surface area contributed by atoms with Crippen LogP contribution in [-0.4, -0.2) is 38.0 Å². The molecule has 0 spiro atoms. The molecule has 2 amide bonds. The molecule has 1 aliphatic heterocycles. The van der Waals surface area contributed by atoms with Gasteiger partial charge in [-0.2, -0.15) is 5.10 Å². The van der Waals surface area contributed by atoms with Crippen LogP contribution in [-0.2, 0) is 30.8 Å². The van der Waals surface area contributed by atoms with Crippen LogP contribution >= 0.6 is 0 Å². The second kappa shape index (κ2) is 7.17. The van der Waals surface area contributed by atoms with Crippen molar-refractivity contribution in [3.8, 4) is 0 Å². The maximum atomic E-state index is 12.5. The molecule has 0 radical (unpaired) electrons. The summed E-state index contributed by atoms with van der Waals surface area (Å²) < 4.78 is 7.41. The number of fused-ring (bicyclic) bond motifs is 1. The van der Waals surface area contributed by atoms with Crippen LogP contribution in [0.3, 0.4) is 0 Å². The third kappa shape index (κ3) is 3.48. The molecule has 1 saturated carbocycles. The van der Waals surface area contributed by atoms with Gasteiger partial charge in [0.15, 0.2) is 5.89 Å². The fraction of sp³-hybridized carbons (Fsp3) is 0.579. The normalized spacial score (nSPS) is 16.7. The van der Waals surface area contributed by atoms with Crippen LogP contribution in [0, 0.1) is 12.8 Å². The maximum Gasteiger partial charge on any atom is 0.289 e. The van der Waals surface area contributed by atoms with E-state index in [1.54, 1.807) is 6.92 Å². The first kappa shape index (κ1) is 17.8. The number of carbonyl (C=O) groups is 2. The molecule has 0 unspecified atom stereocenters. The molecule has 3 heterocycles. The minimum atomic E-state index is -0.285. The number of oxazole rings is 1. The summed E-state index contributed by atoms with van der Waals surface area (Å²) in [5.74, 6) is 1.03. The molecular formula is C19H25N5O3. The average Bonchev–Trinajstić information content (AvgIpc) is 3.20. The fourth-order valence-corrected chi connectivity index (χ4v) is 3.58. The highest BCUT2D eigenvalue weighted by Gasteiger charge is 2.31. The van der Waals surface area contributed by atoms with Gasteiger partial charge in [0, 0.05) is 18.9 Å². The van der Waals surface area contributed by atoms with E-state index in [1.165, 1.54) is 0 Å². The highest BCUT2D eigenvalue weighted by Crippen LogP contribution is 2.29. The summed E-state index contributed by atoms with van der Waals surface area (Å²) in [6.07, 6.45) is 3.85. The molecule has 0 aromatic carbocycles. The van der Waals surface area contributed by atoms with E-state index in [4.69, 9.17) is 4.42 Å². The lowest BCUT2D eigenvalue weighted by molar-refractivity contribution is -0.139. The minimum absolute atomic E-state index is 0.219. The standard InChI is InChI=1S/C19H25N5O3/c1-3-16-21-12(2)17(27-16)18(25)20-10-14-9-15-11-23(7-8-24(15)22-14)19(26)13-5-4-6-13/h9,13H,3-8,10-11H2,1-2H3,(H,20,25). The van der Waals surface area contributed by atoms with Crippen LogP contribution in [0.15, 0.2) is 10.5 Å². The number of amides is 2. The van der Waals surface area contributed by atoms with Gasteiger partial charge in [0.2, 0.25) is 11.7 Å². The van der Waals surface area contributed by atoms with Gasteiger partial charge in [-0.1, -0.05) is 13.3 Å². The van der Waals surface area contributed by atoms with Gasteiger partial charge < -0.3 is 14.6 Å². The predicted molar refractivity (Wildman–Crippen MR) is 96.8 cm³/mol.